The number of ether oxygens (including phenoxy) is 2. The number of nitrogens with one attached hydrogen (secondary N) is 1. The molecule has 176 valence electrons. The van der Waals surface area contributed by atoms with Gasteiger partial charge in [0.25, 0.3) is 0 Å². The lowest BCUT2D eigenvalue weighted by molar-refractivity contribution is -0.126. The molecule has 0 spiro atoms. The first kappa shape index (κ1) is 22.1. The first-order chi connectivity index (χ1) is 16.7. The first-order valence-corrected chi connectivity index (χ1v) is 11.7. The van der Waals surface area contributed by atoms with E-state index in [0.717, 1.165) is 42.4 Å². The molecule has 0 aliphatic carbocycles. The monoisotopic (exact) mass is 458 g/mol. The summed E-state index contributed by atoms with van der Waals surface area (Å²) in [4.78, 5) is 22.3. The zero-order valence-electron chi connectivity index (χ0n) is 19.6. The molecule has 2 atom stereocenters. The number of hydrogen-bond acceptors (Lipinski definition) is 6. The summed E-state index contributed by atoms with van der Waals surface area (Å²) in [5.41, 5.74) is 4.46. The van der Waals surface area contributed by atoms with Gasteiger partial charge in [0.05, 0.1) is 31.9 Å². The lowest BCUT2D eigenvalue weighted by Crippen LogP contribution is -2.61. The number of piperazine rings is 1. The molecule has 0 radical (unpaired) electrons. The molecule has 3 heterocycles. The molecule has 1 aromatic heterocycles. The number of aromatic nitrogens is 1. The molecule has 34 heavy (non-hydrogen) atoms. The van der Waals surface area contributed by atoms with E-state index in [2.05, 4.69) is 38.3 Å². The fourth-order valence-corrected chi connectivity index (χ4v) is 5.14. The molecule has 2 unspecified atom stereocenters. The number of methoxy groups -OCH3 is 2. The average Bonchev–Trinajstić information content (AvgIpc) is 2.91. The predicted octanol–water partition coefficient (Wildman–Crippen LogP) is 3.28. The Kier molecular flexibility index (Phi) is 6.25. The Morgan fingerprint density at radius 2 is 1.85 bits per heavy atom. The van der Waals surface area contributed by atoms with E-state index in [9.17, 15) is 4.79 Å². The number of rotatable bonds is 6. The van der Waals surface area contributed by atoms with Gasteiger partial charge in [-0.05, 0) is 47.9 Å². The topological polar surface area (TPSA) is 66.9 Å². The van der Waals surface area contributed by atoms with E-state index >= 15 is 0 Å². The van der Waals surface area contributed by atoms with Crippen LogP contribution in [0.25, 0.3) is 0 Å². The Hall–Kier alpha value is -3.74. The number of amides is 1. The summed E-state index contributed by atoms with van der Waals surface area (Å²) < 4.78 is 11.1. The van der Waals surface area contributed by atoms with Crippen molar-refractivity contribution in [1.82, 2.24) is 10.3 Å². The van der Waals surface area contributed by atoms with E-state index in [4.69, 9.17) is 9.47 Å². The van der Waals surface area contributed by atoms with Gasteiger partial charge in [-0.25, -0.2) is 0 Å². The Balaban J connectivity index is 1.44. The van der Waals surface area contributed by atoms with Crippen LogP contribution in [0.15, 0.2) is 67.0 Å². The average molecular weight is 459 g/mol. The van der Waals surface area contributed by atoms with Crippen molar-refractivity contribution in [1.29, 1.82) is 0 Å². The summed E-state index contributed by atoms with van der Waals surface area (Å²) in [5.74, 6) is 1.60. The fourth-order valence-electron chi connectivity index (χ4n) is 5.14. The van der Waals surface area contributed by atoms with Crippen LogP contribution in [0.3, 0.4) is 0 Å². The van der Waals surface area contributed by atoms with E-state index in [1.165, 1.54) is 11.3 Å². The lowest BCUT2D eigenvalue weighted by atomic mass is 9.83. The molecule has 2 aliphatic heterocycles. The van der Waals surface area contributed by atoms with Crippen molar-refractivity contribution in [2.45, 2.75) is 19.0 Å². The molecule has 1 amide bonds. The summed E-state index contributed by atoms with van der Waals surface area (Å²) in [6.45, 7) is 2.90. The molecule has 2 aliphatic rings. The molecule has 3 aromatic rings. The van der Waals surface area contributed by atoms with Crippen molar-refractivity contribution >= 4 is 17.3 Å². The third-order valence-corrected chi connectivity index (χ3v) is 6.90. The Labute approximate surface area is 200 Å². The first-order valence-electron chi connectivity index (χ1n) is 11.7. The molecule has 0 saturated carbocycles. The normalized spacial score (nSPS) is 19.1. The van der Waals surface area contributed by atoms with Crippen molar-refractivity contribution in [3.63, 3.8) is 0 Å². The van der Waals surface area contributed by atoms with Crippen LogP contribution in [0.4, 0.5) is 11.4 Å². The number of benzene rings is 2. The Bertz CT molecular complexity index is 1150. The lowest BCUT2D eigenvalue weighted by Gasteiger charge is -2.49. The molecular formula is C27H30N4O3. The van der Waals surface area contributed by atoms with E-state index in [-0.39, 0.29) is 17.9 Å². The molecule has 2 aromatic carbocycles. The van der Waals surface area contributed by atoms with Crippen molar-refractivity contribution < 1.29 is 14.3 Å². The minimum Gasteiger partial charge on any atom is -0.497 e. The highest BCUT2D eigenvalue weighted by atomic mass is 16.5. The highest BCUT2D eigenvalue weighted by Gasteiger charge is 2.42. The molecule has 0 bridgehead atoms. The van der Waals surface area contributed by atoms with Crippen molar-refractivity contribution in [3.8, 4) is 11.5 Å². The fraction of sp³-hybridized carbons (Fsp3) is 0.333. The van der Waals surface area contributed by atoms with Crippen LogP contribution >= 0.6 is 0 Å². The van der Waals surface area contributed by atoms with Gasteiger partial charge >= 0.3 is 0 Å². The second kappa shape index (κ2) is 9.63. The van der Waals surface area contributed by atoms with Gasteiger partial charge in [-0.1, -0.05) is 18.2 Å². The summed E-state index contributed by atoms with van der Waals surface area (Å²) in [6, 6.07) is 18.2. The van der Waals surface area contributed by atoms with Crippen molar-refractivity contribution in [2.24, 2.45) is 5.92 Å². The van der Waals surface area contributed by atoms with E-state index in [0.29, 0.717) is 13.0 Å². The largest absolute Gasteiger partial charge is 0.497 e. The van der Waals surface area contributed by atoms with Crippen LogP contribution in [0.1, 0.15) is 11.1 Å². The maximum Gasteiger partial charge on any atom is 0.225 e. The third-order valence-electron chi connectivity index (χ3n) is 6.90. The number of pyridine rings is 1. The van der Waals surface area contributed by atoms with Gasteiger partial charge in [0.15, 0.2) is 0 Å². The zero-order valence-corrected chi connectivity index (χ0v) is 19.6. The number of nitrogens with zero attached hydrogens (tertiary/aromatic N) is 3. The Morgan fingerprint density at radius 1 is 1.03 bits per heavy atom. The van der Waals surface area contributed by atoms with Gasteiger partial charge in [-0.2, -0.15) is 0 Å². The maximum absolute atomic E-state index is 13.5. The number of fused-ring (bicyclic) bond motifs is 3. The maximum atomic E-state index is 13.5. The standard InChI is InChI=1S/C27H30N4O3/c1-33-21-8-7-20-15-22(27(32)29-17-19-9-11-28-12-10-19)25-18-30(13-14-31(25)24(20)16-21)23-5-3-4-6-26(23)34-2/h3-12,16,22,25H,13-15,17-18H2,1-2H3,(H,29,32). The highest BCUT2D eigenvalue weighted by molar-refractivity contribution is 5.82. The summed E-state index contributed by atoms with van der Waals surface area (Å²) >= 11 is 0. The summed E-state index contributed by atoms with van der Waals surface area (Å²) in [6.07, 6.45) is 4.20. The molecule has 1 saturated heterocycles. The molecular weight excluding hydrogens is 428 g/mol. The van der Waals surface area contributed by atoms with Crippen LogP contribution in [0.5, 0.6) is 11.5 Å². The minimum atomic E-state index is -0.166. The van der Waals surface area contributed by atoms with Gasteiger partial charge in [0.2, 0.25) is 5.91 Å². The van der Waals surface area contributed by atoms with Crippen LogP contribution in [0, 0.1) is 5.92 Å². The Morgan fingerprint density at radius 3 is 2.65 bits per heavy atom. The van der Waals surface area contributed by atoms with Gasteiger partial charge in [0.1, 0.15) is 11.5 Å². The number of carbonyl (C=O) groups excluding carboxylic acids is 1. The smallest absolute Gasteiger partial charge is 0.225 e. The van der Waals surface area contributed by atoms with E-state index in [1.807, 2.05) is 36.4 Å². The predicted molar refractivity (Wildman–Crippen MR) is 133 cm³/mol. The second-order valence-electron chi connectivity index (χ2n) is 8.76. The number of para-hydroxylation sites is 2. The minimum absolute atomic E-state index is 0.0377. The quantitative estimate of drug-likeness (QED) is 0.612. The SMILES string of the molecule is COc1ccc2c(c1)N1CCN(c3ccccc3OC)CC1C(C(=O)NCc1ccncc1)C2. The second-order valence-corrected chi connectivity index (χ2v) is 8.76. The van der Waals surface area contributed by atoms with Gasteiger partial charge < -0.3 is 24.6 Å². The molecule has 1 N–H and O–H groups in total. The van der Waals surface area contributed by atoms with E-state index < -0.39 is 0 Å². The number of hydrogen-bond donors (Lipinski definition) is 1. The van der Waals surface area contributed by atoms with Gasteiger partial charge in [-0.15, -0.1) is 0 Å². The van der Waals surface area contributed by atoms with Crippen LogP contribution in [0.2, 0.25) is 0 Å². The van der Waals surface area contributed by atoms with Gasteiger partial charge in [0, 0.05) is 50.3 Å². The highest BCUT2D eigenvalue weighted by Crippen LogP contribution is 2.40. The molecule has 1 fully saturated rings. The van der Waals surface area contributed by atoms with E-state index in [1.54, 1.807) is 26.6 Å². The van der Waals surface area contributed by atoms with Crippen LogP contribution in [-0.4, -0.2) is 50.8 Å². The molecule has 7 nitrogen and oxygen atoms in total. The van der Waals surface area contributed by atoms with Crippen LogP contribution in [-0.2, 0) is 17.8 Å². The molecule has 7 heteroatoms. The molecule has 5 rings (SSSR count). The number of anilines is 2. The van der Waals surface area contributed by atoms with Crippen LogP contribution < -0.4 is 24.6 Å². The van der Waals surface area contributed by atoms with Gasteiger partial charge in [-0.3, -0.25) is 9.78 Å². The van der Waals surface area contributed by atoms with Crippen molar-refractivity contribution in [3.05, 3.63) is 78.1 Å². The number of carbonyl (C=O) groups is 1. The third kappa shape index (κ3) is 4.25. The summed E-state index contributed by atoms with van der Waals surface area (Å²) in [7, 11) is 3.39. The summed E-state index contributed by atoms with van der Waals surface area (Å²) in [5, 5.41) is 3.17. The zero-order chi connectivity index (χ0) is 23.5. The van der Waals surface area contributed by atoms with Crippen molar-refractivity contribution in [2.75, 3.05) is 43.7 Å².